The van der Waals surface area contributed by atoms with Crippen molar-refractivity contribution in [3.8, 4) is 0 Å². The fourth-order valence-corrected chi connectivity index (χ4v) is 3.01. The van der Waals surface area contributed by atoms with Crippen molar-refractivity contribution in [2.24, 2.45) is 0 Å². The van der Waals surface area contributed by atoms with Gasteiger partial charge in [-0.05, 0) is 24.1 Å². The van der Waals surface area contributed by atoms with Crippen molar-refractivity contribution < 1.29 is 14.4 Å². The molecule has 6 nitrogen and oxygen atoms in total. The Morgan fingerprint density at radius 2 is 2.22 bits per heavy atom. The van der Waals surface area contributed by atoms with E-state index in [0.29, 0.717) is 12.0 Å². The van der Waals surface area contributed by atoms with Crippen molar-refractivity contribution in [1.29, 1.82) is 0 Å². The smallest absolute Gasteiger partial charge is 0.313 e. The van der Waals surface area contributed by atoms with Gasteiger partial charge in [-0.3, -0.25) is 10.1 Å². The van der Waals surface area contributed by atoms with Crippen molar-refractivity contribution in [2.75, 3.05) is 11.4 Å². The summed E-state index contributed by atoms with van der Waals surface area (Å²) < 4.78 is 13.5. The van der Waals surface area contributed by atoms with Crippen molar-refractivity contribution in [2.45, 2.75) is 18.6 Å². The Balaban J connectivity index is 2.05. The van der Waals surface area contributed by atoms with Gasteiger partial charge in [-0.15, -0.1) is 0 Å². The summed E-state index contributed by atoms with van der Waals surface area (Å²) in [5.74, 6) is -0.285. The van der Waals surface area contributed by atoms with Crippen LogP contribution in [0.2, 0.25) is 5.02 Å². The molecule has 120 valence electrons. The molecule has 0 bridgehead atoms. The molecular weight excluding hydrogens is 325 g/mol. The second-order valence-electron chi connectivity index (χ2n) is 5.37. The fourth-order valence-electron chi connectivity index (χ4n) is 2.85. The summed E-state index contributed by atoms with van der Waals surface area (Å²) in [6.07, 6.45) is 0.975. The summed E-state index contributed by atoms with van der Waals surface area (Å²) in [7, 11) is 0. The van der Waals surface area contributed by atoms with E-state index < -0.39 is 22.9 Å². The predicted molar refractivity (Wildman–Crippen MR) is 83.0 cm³/mol. The van der Waals surface area contributed by atoms with Gasteiger partial charge in [-0.1, -0.05) is 23.7 Å². The number of hydrogen-bond donors (Lipinski definition) is 1. The number of hydrogen-bond acceptors (Lipinski definition) is 5. The maximum atomic E-state index is 13.5. The van der Waals surface area contributed by atoms with Crippen LogP contribution in [0.1, 0.15) is 18.0 Å². The van der Waals surface area contributed by atoms with Crippen molar-refractivity contribution in [3.05, 3.63) is 63.0 Å². The number of pyridine rings is 1. The Morgan fingerprint density at radius 1 is 1.43 bits per heavy atom. The number of β-amino-alcohol motifs (C(OH)–C–C–N with tert-alkyl or cyclic N) is 1. The monoisotopic (exact) mass is 337 g/mol. The van der Waals surface area contributed by atoms with Gasteiger partial charge in [0.05, 0.1) is 22.1 Å². The first kappa shape index (κ1) is 15.6. The molecule has 3 rings (SSSR count). The van der Waals surface area contributed by atoms with Crippen LogP contribution in [0.5, 0.6) is 0 Å². The third-order valence-electron chi connectivity index (χ3n) is 3.80. The molecule has 23 heavy (non-hydrogen) atoms. The summed E-state index contributed by atoms with van der Waals surface area (Å²) in [6, 6.07) is 6.79. The highest BCUT2D eigenvalue weighted by atomic mass is 35.5. The van der Waals surface area contributed by atoms with Crippen LogP contribution in [0.3, 0.4) is 0 Å². The lowest BCUT2D eigenvalue weighted by atomic mass is 10.0. The molecule has 1 aromatic heterocycles. The summed E-state index contributed by atoms with van der Waals surface area (Å²) in [5, 5.41) is 21.4. The van der Waals surface area contributed by atoms with Gasteiger partial charge in [-0.2, -0.15) is 0 Å². The Labute approximate surface area is 136 Å². The van der Waals surface area contributed by atoms with Crippen LogP contribution in [0.25, 0.3) is 0 Å². The van der Waals surface area contributed by atoms with E-state index in [2.05, 4.69) is 4.98 Å². The molecule has 0 aliphatic carbocycles. The Bertz CT molecular complexity index is 758. The number of nitrogens with zero attached hydrogens (tertiary/aromatic N) is 3. The molecule has 1 aliphatic heterocycles. The van der Waals surface area contributed by atoms with E-state index in [4.69, 9.17) is 11.6 Å². The number of aromatic nitrogens is 1. The van der Waals surface area contributed by atoms with E-state index in [0.717, 1.165) is 0 Å². The first-order valence-electron chi connectivity index (χ1n) is 6.96. The maximum absolute atomic E-state index is 13.5. The number of rotatable bonds is 3. The van der Waals surface area contributed by atoms with E-state index in [1.54, 1.807) is 17.0 Å². The van der Waals surface area contributed by atoms with Gasteiger partial charge in [0.2, 0.25) is 5.82 Å². The quantitative estimate of drug-likeness (QED) is 0.687. The molecule has 0 radical (unpaired) electrons. The van der Waals surface area contributed by atoms with Crippen molar-refractivity contribution >= 4 is 23.1 Å². The number of nitro groups is 1. The molecule has 1 N–H and O–H groups in total. The minimum Gasteiger partial charge on any atom is -0.391 e. The summed E-state index contributed by atoms with van der Waals surface area (Å²) in [5.41, 5.74) is 0.389. The molecule has 2 unspecified atom stereocenters. The molecule has 2 atom stereocenters. The normalized spacial score (nSPS) is 20.7. The second kappa shape index (κ2) is 6.10. The summed E-state index contributed by atoms with van der Waals surface area (Å²) in [4.78, 5) is 16.4. The third kappa shape index (κ3) is 3.11. The summed E-state index contributed by atoms with van der Waals surface area (Å²) in [6.45, 7) is 0.177. The largest absolute Gasteiger partial charge is 0.391 e. The van der Waals surface area contributed by atoms with E-state index in [1.165, 1.54) is 24.4 Å². The van der Waals surface area contributed by atoms with Crippen molar-refractivity contribution in [3.63, 3.8) is 0 Å². The van der Waals surface area contributed by atoms with Gasteiger partial charge in [0, 0.05) is 18.8 Å². The summed E-state index contributed by atoms with van der Waals surface area (Å²) >= 11 is 5.79. The number of aliphatic hydroxyl groups excluding tert-OH is 1. The van der Waals surface area contributed by atoms with Gasteiger partial charge in [-0.25, -0.2) is 9.37 Å². The highest BCUT2D eigenvalue weighted by Gasteiger charge is 2.36. The average molecular weight is 338 g/mol. The minimum atomic E-state index is -0.680. The Kier molecular flexibility index (Phi) is 4.14. The lowest BCUT2D eigenvalue weighted by Gasteiger charge is -2.25. The third-order valence-corrected chi connectivity index (χ3v) is 4.00. The first-order chi connectivity index (χ1) is 11.0. The van der Waals surface area contributed by atoms with Gasteiger partial charge in [0.1, 0.15) is 5.82 Å². The Morgan fingerprint density at radius 3 is 2.91 bits per heavy atom. The van der Waals surface area contributed by atoms with Crippen molar-refractivity contribution in [1.82, 2.24) is 4.98 Å². The van der Waals surface area contributed by atoms with Crippen LogP contribution in [-0.2, 0) is 0 Å². The zero-order valence-corrected chi connectivity index (χ0v) is 12.7. The minimum absolute atomic E-state index is 0.116. The molecule has 2 aromatic rings. The molecular formula is C15H13ClFN3O3. The molecule has 2 heterocycles. The van der Waals surface area contributed by atoms with Gasteiger partial charge in [0.15, 0.2) is 0 Å². The molecule has 1 fully saturated rings. The molecule has 0 saturated carbocycles. The number of halogens is 2. The van der Waals surface area contributed by atoms with Gasteiger partial charge < -0.3 is 10.0 Å². The highest BCUT2D eigenvalue weighted by molar-refractivity contribution is 6.30. The zero-order valence-electron chi connectivity index (χ0n) is 11.9. The molecule has 1 aliphatic rings. The predicted octanol–water partition coefficient (Wildman–Crippen LogP) is 3.09. The lowest BCUT2D eigenvalue weighted by Crippen LogP contribution is -2.26. The number of aliphatic hydroxyl groups is 1. The van der Waals surface area contributed by atoms with Crippen LogP contribution < -0.4 is 4.90 Å². The molecule has 0 amide bonds. The van der Waals surface area contributed by atoms with Crippen LogP contribution in [-0.4, -0.2) is 27.7 Å². The average Bonchev–Trinajstić information content (AvgIpc) is 2.89. The van der Waals surface area contributed by atoms with Gasteiger partial charge >= 0.3 is 5.69 Å². The van der Waals surface area contributed by atoms with E-state index in [9.17, 15) is 19.6 Å². The number of anilines is 1. The van der Waals surface area contributed by atoms with E-state index in [1.807, 2.05) is 0 Å². The van der Waals surface area contributed by atoms with E-state index in [-0.39, 0.29) is 23.1 Å². The second-order valence-corrected chi connectivity index (χ2v) is 5.80. The topological polar surface area (TPSA) is 79.5 Å². The van der Waals surface area contributed by atoms with Crippen LogP contribution >= 0.6 is 11.6 Å². The van der Waals surface area contributed by atoms with E-state index >= 15 is 0 Å². The molecule has 8 heteroatoms. The maximum Gasteiger partial charge on any atom is 0.313 e. The molecule has 1 saturated heterocycles. The first-order valence-corrected chi connectivity index (χ1v) is 7.33. The molecule has 1 aromatic carbocycles. The van der Waals surface area contributed by atoms with Crippen LogP contribution in [0.15, 0.2) is 36.5 Å². The standard InChI is InChI=1S/C15H13ClFN3O3/c16-10-5-14(20(22)23)15(18-7-10)19-8-12(21)6-13(19)9-2-1-3-11(17)4-9/h1-5,7,12-13,21H,6,8H2. The lowest BCUT2D eigenvalue weighted by molar-refractivity contribution is -0.384. The fraction of sp³-hybridized carbons (Fsp3) is 0.267. The van der Waals surface area contributed by atoms with Crippen LogP contribution in [0, 0.1) is 15.9 Å². The molecule has 0 spiro atoms. The Hall–Kier alpha value is -2.25. The zero-order chi connectivity index (χ0) is 16.6. The SMILES string of the molecule is O=[N+]([O-])c1cc(Cl)cnc1N1CC(O)CC1c1cccc(F)c1. The highest BCUT2D eigenvalue weighted by Crippen LogP contribution is 2.40. The van der Waals surface area contributed by atoms with Gasteiger partial charge in [0.25, 0.3) is 0 Å². The van der Waals surface area contributed by atoms with Crippen LogP contribution in [0.4, 0.5) is 15.9 Å². The number of benzene rings is 1.